The summed E-state index contributed by atoms with van der Waals surface area (Å²) in [6.07, 6.45) is -1.66. The van der Waals surface area contributed by atoms with Crippen molar-refractivity contribution in [1.82, 2.24) is 14.5 Å². The van der Waals surface area contributed by atoms with Gasteiger partial charge in [-0.1, -0.05) is 20.8 Å². The van der Waals surface area contributed by atoms with Crippen molar-refractivity contribution in [3.05, 3.63) is 29.6 Å². The highest BCUT2D eigenvalue weighted by atomic mass is 19.4. The highest BCUT2D eigenvalue weighted by Gasteiger charge is 2.31. The van der Waals surface area contributed by atoms with Crippen molar-refractivity contribution in [3.8, 4) is 0 Å². The summed E-state index contributed by atoms with van der Waals surface area (Å²) < 4.78 is 40.8. The molecular weight excluding hydrogens is 315 g/mol. The average Bonchev–Trinajstić information content (AvgIpc) is 2.88. The molecule has 3 nitrogen and oxygen atoms in total. The van der Waals surface area contributed by atoms with E-state index >= 15 is 0 Å². The van der Waals surface area contributed by atoms with Crippen LogP contribution in [-0.2, 0) is 19.1 Å². The van der Waals surface area contributed by atoms with E-state index in [4.69, 9.17) is 0 Å². The molecule has 0 atom stereocenters. The topological polar surface area (TPSA) is 21.1 Å². The maximum absolute atomic E-state index is 12.9. The lowest BCUT2D eigenvalue weighted by atomic mass is 10.2. The van der Waals surface area contributed by atoms with Crippen LogP contribution in [0.15, 0.2) is 18.2 Å². The van der Waals surface area contributed by atoms with E-state index in [1.54, 1.807) is 6.07 Å². The predicted octanol–water partition coefficient (Wildman–Crippen LogP) is 4.74. The second-order valence-electron chi connectivity index (χ2n) is 6.01. The monoisotopic (exact) mass is 341 g/mol. The Hall–Kier alpha value is -1.56. The highest BCUT2D eigenvalue weighted by molar-refractivity contribution is 5.77. The zero-order valence-electron chi connectivity index (χ0n) is 14.7. The number of fused-ring (bicyclic) bond motifs is 1. The largest absolute Gasteiger partial charge is 0.416 e. The van der Waals surface area contributed by atoms with Crippen LogP contribution in [0.1, 0.15) is 45.0 Å². The van der Waals surface area contributed by atoms with Gasteiger partial charge in [0, 0.05) is 13.0 Å². The van der Waals surface area contributed by atoms with E-state index in [9.17, 15) is 13.2 Å². The molecule has 0 spiro atoms. The molecule has 0 amide bonds. The van der Waals surface area contributed by atoms with E-state index in [0.29, 0.717) is 5.52 Å². The fraction of sp³-hybridized carbons (Fsp3) is 0.611. The number of aromatic nitrogens is 2. The Kier molecular flexibility index (Phi) is 6.27. The Morgan fingerprint density at radius 3 is 2.42 bits per heavy atom. The first-order valence-corrected chi connectivity index (χ1v) is 8.69. The molecule has 0 aliphatic rings. The van der Waals surface area contributed by atoms with Gasteiger partial charge in [-0.2, -0.15) is 13.2 Å². The van der Waals surface area contributed by atoms with Gasteiger partial charge in [-0.05, 0) is 50.7 Å². The number of hydrogen-bond acceptors (Lipinski definition) is 2. The van der Waals surface area contributed by atoms with Crippen LogP contribution in [0, 0.1) is 0 Å². The summed E-state index contributed by atoms with van der Waals surface area (Å²) >= 11 is 0. The second kappa shape index (κ2) is 8.01. The van der Waals surface area contributed by atoms with Gasteiger partial charge < -0.3 is 9.47 Å². The van der Waals surface area contributed by atoms with Crippen LogP contribution in [0.4, 0.5) is 13.2 Å². The fourth-order valence-corrected chi connectivity index (χ4v) is 3.01. The minimum Gasteiger partial charge on any atom is -0.328 e. The SMILES string of the molecule is CCCc1nc2cc(C(F)(F)F)ccc2n1CCCN(CC)CC. The zero-order chi connectivity index (χ0) is 17.7. The molecule has 2 rings (SSSR count). The number of imidazole rings is 1. The van der Waals surface area contributed by atoms with E-state index in [1.165, 1.54) is 0 Å². The minimum absolute atomic E-state index is 0.441. The summed E-state index contributed by atoms with van der Waals surface area (Å²) in [6, 6.07) is 3.87. The standard InChI is InChI=1S/C18H26F3N3/c1-4-8-17-22-15-13-14(18(19,20)21)9-10-16(15)24(17)12-7-11-23(5-2)6-3/h9-10,13H,4-8,11-12H2,1-3H3. The first kappa shape index (κ1) is 18.8. The number of halogens is 3. The van der Waals surface area contributed by atoms with Crippen LogP contribution in [-0.4, -0.2) is 34.1 Å². The van der Waals surface area contributed by atoms with Crippen molar-refractivity contribution >= 4 is 11.0 Å². The number of nitrogens with zero attached hydrogens (tertiary/aromatic N) is 3. The predicted molar refractivity (Wildman–Crippen MR) is 91.1 cm³/mol. The van der Waals surface area contributed by atoms with E-state index in [0.717, 1.165) is 68.9 Å². The van der Waals surface area contributed by atoms with Gasteiger partial charge >= 0.3 is 6.18 Å². The van der Waals surface area contributed by atoms with Crippen molar-refractivity contribution < 1.29 is 13.2 Å². The number of aryl methyl sites for hydroxylation is 2. The number of alkyl halides is 3. The van der Waals surface area contributed by atoms with E-state index in [-0.39, 0.29) is 0 Å². The summed E-state index contributed by atoms with van der Waals surface area (Å²) in [4.78, 5) is 6.81. The van der Waals surface area contributed by atoms with Crippen LogP contribution >= 0.6 is 0 Å². The Morgan fingerprint density at radius 1 is 1.12 bits per heavy atom. The first-order chi connectivity index (χ1) is 11.4. The Balaban J connectivity index is 2.27. The number of rotatable bonds is 8. The molecule has 0 N–H and O–H groups in total. The fourth-order valence-electron chi connectivity index (χ4n) is 3.01. The van der Waals surface area contributed by atoms with Crippen LogP contribution in [0.2, 0.25) is 0 Å². The quantitative estimate of drug-likeness (QED) is 0.691. The molecule has 6 heteroatoms. The maximum atomic E-state index is 12.9. The Bertz CT molecular complexity index is 657. The van der Waals surface area contributed by atoms with Crippen LogP contribution < -0.4 is 0 Å². The second-order valence-corrected chi connectivity index (χ2v) is 6.01. The van der Waals surface area contributed by atoms with Gasteiger partial charge in [0.15, 0.2) is 0 Å². The van der Waals surface area contributed by atoms with Crippen LogP contribution in [0.3, 0.4) is 0 Å². The summed E-state index contributed by atoms with van der Waals surface area (Å²) in [5.74, 6) is 0.881. The molecule has 2 aromatic rings. The molecule has 0 saturated carbocycles. The Labute approximate surface area is 141 Å². The smallest absolute Gasteiger partial charge is 0.328 e. The average molecular weight is 341 g/mol. The van der Waals surface area contributed by atoms with Gasteiger partial charge in [-0.15, -0.1) is 0 Å². The zero-order valence-corrected chi connectivity index (χ0v) is 14.7. The minimum atomic E-state index is -4.33. The lowest BCUT2D eigenvalue weighted by molar-refractivity contribution is -0.137. The summed E-state index contributed by atoms with van der Waals surface area (Å²) in [6.45, 7) is 10.1. The molecule has 24 heavy (non-hydrogen) atoms. The molecule has 0 saturated heterocycles. The molecule has 134 valence electrons. The maximum Gasteiger partial charge on any atom is 0.416 e. The van der Waals surface area contributed by atoms with Crippen molar-refractivity contribution in [2.75, 3.05) is 19.6 Å². The molecule has 1 aromatic carbocycles. The van der Waals surface area contributed by atoms with Crippen LogP contribution in [0.25, 0.3) is 11.0 Å². The van der Waals surface area contributed by atoms with Crippen molar-refractivity contribution in [2.24, 2.45) is 0 Å². The van der Waals surface area contributed by atoms with Gasteiger partial charge in [0.05, 0.1) is 16.6 Å². The summed E-state index contributed by atoms with van der Waals surface area (Å²) in [7, 11) is 0. The van der Waals surface area contributed by atoms with E-state index < -0.39 is 11.7 Å². The van der Waals surface area contributed by atoms with Crippen molar-refractivity contribution in [2.45, 2.75) is 52.8 Å². The van der Waals surface area contributed by atoms with Gasteiger partial charge in [0.2, 0.25) is 0 Å². The molecule has 0 aliphatic heterocycles. The molecular formula is C18H26F3N3. The Morgan fingerprint density at radius 2 is 1.83 bits per heavy atom. The van der Waals surface area contributed by atoms with Crippen molar-refractivity contribution in [1.29, 1.82) is 0 Å². The summed E-state index contributed by atoms with van der Waals surface area (Å²) in [5, 5.41) is 0. The van der Waals surface area contributed by atoms with Gasteiger partial charge in [0.25, 0.3) is 0 Å². The van der Waals surface area contributed by atoms with Gasteiger partial charge in [0.1, 0.15) is 5.82 Å². The van der Waals surface area contributed by atoms with Gasteiger partial charge in [-0.25, -0.2) is 4.98 Å². The third-order valence-corrected chi connectivity index (χ3v) is 4.38. The third kappa shape index (κ3) is 4.29. The first-order valence-electron chi connectivity index (χ1n) is 8.69. The molecule has 1 heterocycles. The summed E-state index contributed by atoms with van der Waals surface area (Å²) in [5.41, 5.74) is 0.605. The molecule has 0 unspecified atom stereocenters. The lowest BCUT2D eigenvalue weighted by Crippen LogP contribution is -2.25. The lowest BCUT2D eigenvalue weighted by Gasteiger charge is -2.18. The highest BCUT2D eigenvalue weighted by Crippen LogP contribution is 2.31. The van der Waals surface area contributed by atoms with Gasteiger partial charge in [-0.3, -0.25) is 0 Å². The van der Waals surface area contributed by atoms with Crippen molar-refractivity contribution in [3.63, 3.8) is 0 Å². The van der Waals surface area contributed by atoms with Crippen LogP contribution in [0.5, 0.6) is 0 Å². The molecule has 0 bridgehead atoms. The molecule has 0 fully saturated rings. The number of hydrogen-bond donors (Lipinski definition) is 0. The van der Waals surface area contributed by atoms with E-state index in [1.807, 2.05) is 0 Å². The van der Waals surface area contributed by atoms with E-state index in [2.05, 4.69) is 35.2 Å². The molecule has 0 radical (unpaired) electrons. The molecule has 0 aliphatic carbocycles. The third-order valence-electron chi connectivity index (χ3n) is 4.38. The normalized spacial score (nSPS) is 12.5. The molecule has 1 aromatic heterocycles. The number of benzene rings is 1.